The number of rotatable bonds is 3. The largest absolute Gasteiger partial charge is 0.377 e. The van der Waals surface area contributed by atoms with Crippen molar-refractivity contribution >= 4 is 40.4 Å². The lowest BCUT2D eigenvalue weighted by molar-refractivity contribution is -0.130. The number of carbonyl (C=O) groups is 2. The van der Waals surface area contributed by atoms with E-state index < -0.39 is 6.04 Å². The zero-order valence-corrected chi connectivity index (χ0v) is 14.1. The fraction of sp³-hybridized carbons (Fsp3) is 0.429. The molecule has 1 aliphatic heterocycles. The lowest BCUT2D eigenvalue weighted by atomic mass is 10.1. The van der Waals surface area contributed by atoms with E-state index >= 15 is 0 Å². The minimum absolute atomic E-state index is 0.191. The van der Waals surface area contributed by atoms with Gasteiger partial charge in [0.2, 0.25) is 5.91 Å². The van der Waals surface area contributed by atoms with Gasteiger partial charge in [0.25, 0.3) is 5.91 Å². The molecule has 5 nitrogen and oxygen atoms in total. The number of ether oxygens (including phenoxy) is 1. The van der Waals surface area contributed by atoms with Gasteiger partial charge < -0.3 is 15.0 Å². The highest BCUT2D eigenvalue weighted by molar-refractivity contribution is 9.10. The second-order valence-electron chi connectivity index (χ2n) is 4.65. The van der Waals surface area contributed by atoms with Gasteiger partial charge in [-0.2, -0.15) is 0 Å². The Balaban J connectivity index is 2.26. The van der Waals surface area contributed by atoms with Crippen molar-refractivity contribution in [2.45, 2.75) is 17.9 Å². The number of nitrogens with one attached hydrogen (secondary N) is 1. The van der Waals surface area contributed by atoms with Crippen molar-refractivity contribution in [3.05, 3.63) is 28.2 Å². The third-order valence-corrected chi connectivity index (χ3v) is 4.19. The lowest BCUT2D eigenvalue weighted by Gasteiger charge is -2.34. The number of hydrogen-bond donors (Lipinski definition) is 2. The van der Waals surface area contributed by atoms with Crippen LogP contribution in [0, 0.1) is 0 Å². The molecular weight excluding hydrogens is 356 g/mol. The van der Waals surface area contributed by atoms with Gasteiger partial charge in [-0.15, -0.1) is 12.6 Å². The Bertz CT molecular complexity index is 553. The quantitative estimate of drug-likeness (QED) is 0.794. The van der Waals surface area contributed by atoms with Crippen molar-refractivity contribution in [3.8, 4) is 0 Å². The maximum Gasteiger partial charge on any atom is 0.255 e. The van der Waals surface area contributed by atoms with Crippen LogP contribution in [-0.2, 0) is 9.53 Å². The number of halogens is 1. The Kier molecular flexibility index (Phi) is 5.66. The number of carbonyl (C=O) groups excluding carboxylic acids is 2. The molecule has 1 fully saturated rings. The summed E-state index contributed by atoms with van der Waals surface area (Å²) in [4.78, 5) is 27.1. The summed E-state index contributed by atoms with van der Waals surface area (Å²) in [6.45, 7) is 3.40. The molecule has 1 heterocycles. The molecule has 0 aliphatic carbocycles. The molecule has 0 spiro atoms. The van der Waals surface area contributed by atoms with E-state index in [4.69, 9.17) is 4.74 Å². The highest BCUT2D eigenvalue weighted by Gasteiger charge is 2.33. The highest BCUT2D eigenvalue weighted by Crippen LogP contribution is 2.23. The van der Waals surface area contributed by atoms with Gasteiger partial charge in [0.05, 0.1) is 18.8 Å². The summed E-state index contributed by atoms with van der Waals surface area (Å²) in [6.07, 6.45) is 0. The first-order valence-corrected chi connectivity index (χ1v) is 7.93. The molecule has 0 radical (unpaired) electrons. The van der Waals surface area contributed by atoms with E-state index in [1.54, 1.807) is 23.1 Å². The summed E-state index contributed by atoms with van der Waals surface area (Å²) in [6, 6.07) is 4.67. The Hall–Kier alpha value is -1.05. The maximum atomic E-state index is 12.7. The first kappa shape index (κ1) is 16.3. The molecule has 1 saturated heterocycles. The van der Waals surface area contributed by atoms with Gasteiger partial charge in [-0.05, 0) is 41.1 Å². The molecular formula is C14H17BrN2O3S. The SMILES string of the molecule is CCNC(=O)C1COCCN1C(=O)c1cc(S)ccc1Br. The van der Waals surface area contributed by atoms with Gasteiger partial charge in [-0.25, -0.2) is 0 Å². The molecule has 1 N–H and O–H groups in total. The van der Waals surface area contributed by atoms with Crippen molar-refractivity contribution in [3.63, 3.8) is 0 Å². The molecule has 1 unspecified atom stereocenters. The van der Waals surface area contributed by atoms with Crippen LogP contribution < -0.4 is 5.32 Å². The van der Waals surface area contributed by atoms with E-state index in [9.17, 15) is 9.59 Å². The number of likely N-dealkylation sites (N-methyl/N-ethyl adjacent to an activating group) is 1. The Morgan fingerprint density at radius 2 is 2.29 bits per heavy atom. The lowest BCUT2D eigenvalue weighted by Crippen LogP contribution is -2.55. The number of nitrogens with zero attached hydrogens (tertiary/aromatic N) is 1. The van der Waals surface area contributed by atoms with E-state index in [-0.39, 0.29) is 18.4 Å². The summed E-state index contributed by atoms with van der Waals surface area (Å²) in [7, 11) is 0. The average molecular weight is 373 g/mol. The normalized spacial score (nSPS) is 18.4. The van der Waals surface area contributed by atoms with Crippen molar-refractivity contribution in [2.75, 3.05) is 26.3 Å². The molecule has 21 heavy (non-hydrogen) atoms. The summed E-state index contributed by atoms with van der Waals surface area (Å²) in [5.41, 5.74) is 0.499. The van der Waals surface area contributed by atoms with Gasteiger partial charge in [0.1, 0.15) is 6.04 Å². The van der Waals surface area contributed by atoms with Crippen molar-refractivity contribution < 1.29 is 14.3 Å². The summed E-state index contributed by atoms with van der Waals surface area (Å²) < 4.78 is 6.02. The molecule has 7 heteroatoms. The number of thiol groups is 1. The van der Waals surface area contributed by atoms with Gasteiger partial charge in [-0.1, -0.05) is 0 Å². The maximum absolute atomic E-state index is 12.7. The molecule has 2 rings (SSSR count). The molecule has 0 saturated carbocycles. The molecule has 114 valence electrons. The molecule has 0 aromatic heterocycles. The van der Waals surface area contributed by atoms with E-state index in [2.05, 4.69) is 33.9 Å². The fourth-order valence-corrected chi connectivity index (χ4v) is 2.81. The predicted molar refractivity (Wildman–Crippen MR) is 85.7 cm³/mol. The number of amides is 2. The third-order valence-electron chi connectivity index (χ3n) is 3.22. The summed E-state index contributed by atoms with van der Waals surface area (Å²) in [5.74, 6) is -0.388. The molecule has 1 aromatic carbocycles. The Morgan fingerprint density at radius 1 is 1.52 bits per heavy atom. The molecule has 1 aliphatic rings. The van der Waals surface area contributed by atoms with E-state index in [0.717, 1.165) is 0 Å². The van der Waals surface area contributed by atoms with Crippen LogP contribution in [0.1, 0.15) is 17.3 Å². The van der Waals surface area contributed by atoms with Gasteiger partial charge >= 0.3 is 0 Å². The van der Waals surface area contributed by atoms with Crippen LogP contribution in [0.15, 0.2) is 27.6 Å². The molecule has 0 bridgehead atoms. The zero-order valence-electron chi connectivity index (χ0n) is 11.6. The molecule has 1 aromatic rings. The number of morpholine rings is 1. The zero-order chi connectivity index (χ0) is 15.4. The number of hydrogen-bond acceptors (Lipinski definition) is 4. The van der Waals surface area contributed by atoms with Crippen molar-refractivity contribution in [1.29, 1.82) is 0 Å². The van der Waals surface area contributed by atoms with Crippen LogP contribution in [0.3, 0.4) is 0 Å². The van der Waals surface area contributed by atoms with Crippen molar-refractivity contribution in [1.82, 2.24) is 10.2 Å². The van der Waals surface area contributed by atoms with Gasteiger partial charge in [0.15, 0.2) is 0 Å². The minimum atomic E-state index is -0.596. The van der Waals surface area contributed by atoms with Crippen LogP contribution in [0.4, 0.5) is 0 Å². The predicted octanol–water partition coefficient (Wildman–Crippen LogP) is 1.71. The van der Waals surface area contributed by atoms with E-state index in [1.807, 2.05) is 6.92 Å². The second kappa shape index (κ2) is 7.29. The van der Waals surface area contributed by atoms with Crippen molar-refractivity contribution in [2.24, 2.45) is 0 Å². The summed E-state index contributed by atoms with van der Waals surface area (Å²) >= 11 is 7.63. The molecule has 1 atom stereocenters. The van der Waals surface area contributed by atoms with E-state index in [0.29, 0.717) is 34.6 Å². The van der Waals surface area contributed by atoms with Gasteiger partial charge in [0, 0.05) is 22.5 Å². The Labute approximate surface area is 137 Å². The monoisotopic (exact) mass is 372 g/mol. The van der Waals surface area contributed by atoms with Crippen LogP contribution in [0.2, 0.25) is 0 Å². The van der Waals surface area contributed by atoms with E-state index in [1.165, 1.54) is 0 Å². The molecule has 2 amide bonds. The first-order chi connectivity index (χ1) is 10.0. The minimum Gasteiger partial charge on any atom is -0.377 e. The second-order valence-corrected chi connectivity index (χ2v) is 6.02. The van der Waals surface area contributed by atoms with Crippen LogP contribution in [-0.4, -0.2) is 49.1 Å². The van der Waals surface area contributed by atoms with Crippen LogP contribution in [0.5, 0.6) is 0 Å². The van der Waals surface area contributed by atoms with Crippen LogP contribution in [0.25, 0.3) is 0 Å². The highest BCUT2D eigenvalue weighted by atomic mass is 79.9. The number of benzene rings is 1. The summed E-state index contributed by atoms with van der Waals surface area (Å²) in [5, 5.41) is 2.74. The first-order valence-electron chi connectivity index (χ1n) is 6.69. The smallest absolute Gasteiger partial charge is 0.255 e. The van der Waals surface area contributed by atoms with Gasteiger partial charge in [-0.3, -0.25) is 9.59 Å². The fourth-order valence-electron chi connectivity index (χ4n) is 2.19. The van der Waals surface area contributed by atoms with Crippen LogP contribution >= 0.6 is 28.6 Å². The Morgan fingerprint density at radius 3 is 3.00 bits per heavy atom. The average Bonchev–Trinajstić information content (AvgIpc) is 2.49. The topological polar surface area (TPSA) is 58.6 Å². The standard InChI is InChI=1S/C14H17BrN2O3S/c1-2-16-13(18)12-8-20-6-5-17(12)14(19)10-7-9(21)3-4-11(10)15/h3-4,7,12,21H,2,5-6,8H2,1H3,(H,16,18). The third kappa shape index (κ3) is 3.78.